The summed E-state index contributed by atoms with van der Waals surface area (Å²) in [5, 5.41) is 8.24. The predicted octanol–water partition coefficient (Wildman–Crippen LogP) is 2.18. The Kier molecular flexibility index (Phi) is 4.38. The van der Waals surface area contributed by atoms with Gasteiger partial charge in [-0.25, -0.2) is 4.98 Å². The first-order valence-electron chi connectivity index (χ1n) is 7.79. The van der Waals surface area contributed by atoms with Gasteiger partial charge in [0, 0.05) is 25.3 Å². The second-order valence-electron chi connectivity index (χ2n) is 6.02. The van der Waals surface area contributed by atoms with Crippen molar-refractivity contribution in [3.8, 4) is 0 Å². The van der Waals surface area contributed by atoms with Crippen LogP contribution in [0.2, 0.25) is 0 Å². The maximum Gasteiger partial charge on any atom is 0.208 e. The number of nitrogens with zero attached hydrogens (tertiary/aromatic N) is 5. The topological polar surface area (TPSA) is 58.3 Å². The van der Waals surface area contributed by atoms with Gasteiger partial charge in [-0.15, -0.1) is 5.10 Å². The first-order valence-corrected chi connectivity index (χ1v) is 7.79. The summed E-state index contributed by atoms with van der Waals surface area (Å²) in [5.41, 5.74) is 0.977. The summed E-state index contributed by atoms with van der Waals surface area (Å²) in [6.07, 6.45) is 4.10. The number of hydrogen-bond acceptors (Lipinski definition) is 6. The highest BCUT2D eigenvalue weighted by Gasteiger charge is 2.27. The molecule has 6 nitrogen and oxygen atoms in total. The molecule has 0 amide bonds. The average Bonchev–Trinajstić information content (AvgIpc) is 3.07. The molecule has 0 spiro atoms. The highest BCUT2D eigenvalue weighted by molar-refractivity contribution is 5.39. The molecule has 2 aromatic rings. The molecule has 0 unspecified atom stereocenters. The van der Waals surface area contributed by atoms with Crippen LogP contribution in [0.15, 0.2) is 22.7 Å². The van der Waals surface area contributed by atoms with Gasteiger partial charge in [-0.3, -0.25) is 4.90 Å². The summed E-state index contributed by atoms with van der Waals surface area (Å²) in [6, 6.07) is 4.45. The van der Waals surface area contributed by atoms with Crippen molar-refractivity contribution in [2.75, 3.05) is 25.0 Å². The standard InChI is InChI=1S/C16H23N5O/c1-12-13(2)22-16(18-12)11-20(3)10-14-6-5-9-21(14)15-7-4-8-17-19-15/h4,7-8,14H,5-6,9-11H2,1-3H3/t14-/m1/s1. The lowest BCUT2D eigenvalue weighted by Crippen LogP contribution is -2.39. The number of rotatable bonds is 5. The van der Waals surface area contributed by atoms with Crippen molar-refractivity contribution in [3.63, 3.8) is 0 Å². The van der Waals surface area contributed by atoms with Crippen molar-refractivity contribution >= 4 is 5.82 Å². The van der Waals surface area contributed by atoms with E-state index in [1.807, 2.05) is 26.0 Å². The van der Waals surface area contributed by atoms with Gasteiger partial charge in [0.1, 0.15) is 5.76 Å². The molecule has 1 aliphatic heterocycles. The van der Waals surface area contributed by atoms with Gasteiger partial charge in [-0.05, 0) is 45.9 Å². The number of hydrogen-bond donors (Lipinski definition) is 0. The second-order valence-corrected chi connectivity index (χ2v) is 6.02. The molecule has 1 aliphatic rings. The third kappa shape index (κ3) is 3.27. The second kappa shape index (κ2) is 6.44. The summed E-state index contributed by atoms with van der Waals surface area (Å²) in [4.78, 5) is 9.08. The van der Waals surface area contributed by atoms with Gasteiger partial charge in [-0.2, -0.15) is 5.10 Å². The zero-order chi connectivity index (χ0) is 15.5. The van der Waals surface area contributed by atoms with E-state index in [9.17, 15) is 0 Å². The Morgan fingerprint density at radius 3 is 2.95 bits per heavy atom. The zero-order valence-corrected chi connectivity index (χ0v) is 13.5. The minimum absolute atomic E-state index is 0.471. The average molecular weight is 301 g/mol. The van der Waals surface area contributed by atoms with Crippen LogP contribution < -0.4 is 4.90 Å². The van der Waals surface area contributed by atoms with E-state index in [-0.39, 0.29) is 0 Å². The molecule has 118 valence electrons. The Morgan fingerprint density at radius 2 is 2.27 bits per heavy atom. The Hall–Kier alpha value is -1.95. The van der Waals surface area contributed by atoms with Crippen LogP contribution in [0.1, 0.15) is 30.2 Å². The molecule has 6 heteroatoms. The number of oxazole rings is 1. The van der Waals surface area contributed by atoms with Gasteiger partial charge in [0.15, 0.2) is 5.82 Å². The Balaban J connectivity index is 1.61. The first kappa shape index (κ1) is 15.0. The summed E-state index contributed by atoms with van der Waals surface area (Å²) in [5.74, 6) is 2.67. The summed E-state index contributed by atoms with van der Waals surface area (Å²) in [7, 11) is 2.11. The van der Waals surface area contributed by atoms with Gasteiger partial charge in [0.25, 0.3) is 0 Å². The van der Waals surface area contributed by atoms with E-state index in [4.69, 9.17) is 4.42 Å². The van der Waals surface area contributed by atoms with Crippen LogP contribution in [0.25, 0.3) is 0 Å². The third-order valence-corrected chi connectivity index (χ3v) is 4.23. The molecule has 0 bridgehead atoms. The summed E-state index contributed by atoms with van der Waals surface area (Å²) in [6.45, 7) is 6.69. The van der Waals surface area contributed by atoms with Crippen molar-refractivity contribution < 1.29 is 4.42 Å². The molecule has 1 fully saturated rings. The molecule has 0 aromatic carbocycles. The number of likely N-dealkylation sites (N-methyl/N-ethyl adjacent to an activating group) is 1. The molecule has 0 saturated carbocycles. The summed E-state index contributed by atoms with van der Waals surface area (Å²) >= 11 is 0. The van der Waals surface area contributed by atoms with Gasteiger partial charge in [0.2, 0.25) is 5.89 Å². The smallest absolute Gasteiger partial charge is 0.208 e. The van der Waals surface area contributed by atoms with Crippen LogP contribution in [0.4, 0.5) is 5.82 Å². The highest BCUT2D eigenvalue weighted by atomic mass is 16.4. The first-order chi connectivity index (χ1) is 10.6. The van der Waals surface area contributed by atoms with E-state index < -0.39 is 0 Å². The SMILES string of the molecule is Cc1nc(CN(C)C[C@H]2CCCN2c2cccnn2)oc1C. The van der Waals surface area contributed by atoms with Crippen molar-refractivity contribution in [1.82, 2.24) is 20.1 Å². The van der Waals surface area contributed by atoms with Crippen LogP contribution in [0.5, 0.6) is 0 Å². The molecular formula is C16H23N5O. The quantitative estimate of drug-likeness (QED) is 0.843. The minimum atomic E-state index is 0.471. The minimum Gasteiger partial charge on any atom is -0.444 e. The Morgan fingerprint density at radius 1 is 1.41 bits per heavy atom. The van der Waals surface area contributed by atoms with E-state index in [0.717, 1.165) is 42.8 Å². The van der Waals surface area contributed by atoms with Gasteiger partial charge >= 0.3 is 0 Å². The van der Waals surface area contributed by atoms with Crippen LogP contribution in [-0.2, 0) is 6.54 Å². The summed E-state index contributed by atoms with van der Waals surface area (Å²) < 4.78 is 5.67. The predicted molar refractivity (Wildman–Crippen MR) is 84.7 cm³/mol. The van der Waals surface area contributed by atoms with Crippen molar-refractivity contribution in [1.29, 1.82) is 0 Å². The van der Waals surface area contributed by atoms with Crippen molar-refractivity contribution in [2.24, 2.45) is 0 Å². The molecule has 0 N–H and O–H groups in total. The molecule has 0 aliphatic carbocycles. The third-order valence-electron chi connectivity index (χ3n) is 4.23. The normalized spacial score (nSPS) is 18.4. The van der Waals surface area contributed by atoms with E-state index in [1.54, 1.807) is 6.20 Å². The molecule has 1 atom stereocenters. The van der Waals surface area contributed by atoms with Crippen molar-refractivity contribution in [2.45, 2.75) is 39.3 Å². The maximum atomic E-state index is 5.67. The van der Waals surface area contributed by atoms with E-state index >= 15 is 0 Å². The Labute approximate surface area is 131 Å². The molecule has 1 saturated heterocycles. The van der Waals surface area contributed by atoms with Gasteiger partial charge < -0.3 is 9.32 Å². The molecule has 2 aromatic heterocycles. The largest absolute Gasteiger partial charge is 0.444 e. The van der Waals surface area contributed by atoms with Crippen LogP contribution in [-0.4, -0.2) is 46.3 Å². The number of aromatic nitrogens is 3. The van der Waals surface area contributed by atoms with Gasteiger partial charge in [-0.1, -0.05) is 0 Å². The fourth-order valence-electron chi connectivity index (χ4n) is 3.04. The van der Waals surface area contributed by atoms with E-state index in [2.05, 4.69) is 32.0 Å². The van der Waals surface area contributed by atoms with Crippen LogP contribution in [0, 0.1) is 13.8 Å². The zero-order valence-electron chi connectivity index (χ0n) is 13.5. The van der Waals surface area contributed by atoms with E-state index in [0.29, 0.717) is 6.04 Å². The lowest BCUT2D eigenvalue weighted by atomic mass is 10.2. The van der Waals surface area contributed by atoms with Crippen LogP contribution >= 0.6 is 0 Å². The molecule has 22 heavy (non-hydrogen) atoms. The van der Waals surface area contributed by atoms with Gasteiger partial charge in [0.05, 0.1) is 12.2 Å². The molecular weight excluding hydrogens is 278 g/mol. The number of aryl methyl sites for hydroxylation is 2. The lowest BCUT2D eigenvalue weighted by molar-refractivity contribution is 0.269. The molecule has 3 rings (SSSR count). The van der Waals surface area contributed by atoms with Crippen LogP contribution in [0.3, 0.4) is 0 Å². The molecule has 3 heterocycles. The fourth-order valence-corrected chi connectivity index (χ4v) is 3.04. The highest BCUT2D eigenvalue weighted by Crippen LogP contribution is 2.24. The van der Waals surface area contributed by atoms with Crippen molar-refractivity contribution in [3.05, 3.63) is 35.7 Å². The lowest BCUT2D eigenvalue weighted by Gasteiger charge is -2.28. The fraction of sp³-hybridized carbons (Fsp3) is 0.562. The number of anilines is 1. The Bertz CT molecular complexity index is 593. The maximum absolute atomic E-state index is 5.67. The monoisotopic (exact) mass is 301 g/mol. The molecule has 0 radical (unpaired) electrons. The van der Waals surface area contributed by atoms with E-state index in [1.165, 1.54) is 12.8 Å².